The van der Waals surface area contributed by atoms with Crippen LogP contribution in [0.3, 0.4) is 0 Å². The quantitative estimate of drug-likeness (QED) is 0.617. The minimum absolute atomic E-state index is 0.0604. The van der Waals surface area contributed by atoms with E-state index in [1.165, 1.54) is 13.8 Å². The second-order valence-electron chi connectivity index (χ2n) is 5.82. The third-order valence-electron chi connectivity index (χ3n) is 4.10. The Labute approximate surface area is 111 Å². The van der Waals surface area contributed by atoms with E-state index in [1.54, 1.807) is 0 Å². The fourth-order valence-corrected chi connectivity index (χ4v) is 2.97. The van der Waals surface area contributed by atoms with E-state index in [9.17, 15) is 19.5 Å². The Hall–Kier alpha value is -1.85. The molecular formula is C13H18N2O4. The Morgan fingerprint density at radius 1 is 1.21 bits per heavy atom. The van der Waals surface area contributed by atoms with Crippen molar-refractivity contribution in [3.63, 3.8) is 0 Å². The lowest BCUT2D eigenvalue weighted by atomic mass is 9.82. The van der Waals surface area contributed by atoms with Crippen molar-refractivity contribution in [3.05, 3.63) is 12.2 Å². The molecule has 0 saturated heterocycles. The standard InChI is InChI=1S/C13H18N2O4/c1-13(2,12(14)19)15-10(16)8-6-3-4-7(5-6)9(8)11(17)18/h3-4,6-9H,5H2,1-2H3,(H2,14,19)(H,15,16)(H,17,18). The van der Waals surface area contributed by atoms with E-state index in [0.29, 0.717) is 6.42 Å². The zero-order valence-electron chi connectivity index (χ0n) is 10.9. The summed E-state index contributed by atoms with van der Waals surface area (Å²) in [5, 5.41) is 11.8. The number of fused-ring (bicyclic) bond motifs is 2. The third kappa shape index (κ3) is 2.22. The fraction of sp³-hybridized carbons (Fsp3) is 0.615. The van der Waals surface area contributed by atoms with Gasteiger partial charge >= 0.3 is 5.97 Å². The van der Waals surface area contributed by atoms with Crippen molar-refractivity contribution in [2.24, 2.45) is 29.4 Å². The molecule has 4 N–H and O–H groups in total. The first-order valence-electron chi connectivity index (χ1n) is 6.27. The molecule has 19 heavy (non-hydrogen) atoms. The highest BCUT2D eigenvalue weighted by molar-refractivity contribution is 5.92. The van der Waals surface area contributed by atoms with Crippen LogP contribution in [0.1, 0.15) is 20.3 Å². The number of hydrogen-bond acceptors (Lipinski definition) is 3. The lowest BCUT2D eigenvalue weighted by Gasteiger charge is -2.29. The lowest BCUT2D eigenvalue weighted by molar-refractivity contribution is -0.148. The van der Waals surface area contributed by atoms with E-state index in [1.807, 2.05) is 12.2 Å². The maximum atomic E-state index is 12.3. The molecule has 6 nitrogen and oxygen atoms in total. The molecule has 0 spiro atoms. The van der Waals surface area contributed by atoms with Gasteiger partial charge in [0.15, 0.2) is 0 Å². The van der Waals surface area contributed by atoms with Crippen molar-refractivity contribution >= 4 is 17.8 Å². The Kier molecular flexibility index (Phi) is 3.12. The SMILES string of the molecule is CC(C)(NC(=O)C1C2C=CC(C2)C1C(=O)O)C(N)=O. The van der Waals surface area contributed by atoms with Gasteiger partial charge in [0.2, 0.25) is 11.8 Å². The number of amides is 2. The molecule has 4 unspecified atom stereocenters. The number of primary amides is 1. The predicted octanol–water partition coefficient (Wildman–Crippen LogP) is -0.111. The van der Waals surface area contributed by atoms with Crippen LogP contribution in [0.5, 0.6) is 0 Å². The maximum Gasteiger partial charge on any atom is 0.307 e. The molecule has 104 valence electrons. The number of nitrogens with one attached hydrogen (secondary N) is 1. The van der Waals surface area contributed by atoms with Gasteiger partial charge in [0.05, 0.1) is 11.8 Å². The van der Waals surface area contributed by atoms with Crippen LogP contribution < -0.4 is 11.1 Å². The molecule has 0 aliphatic heterocycles. The number of nitrogens with two attached hydrogens (primary N) is 1. The highest BCUT2D eigenvalue weighted by Crippen LogP contribution is 2.48. The molecule has 2 amide bonds. The molecule has 2 rings (SSSR count). The second-order valence-corrected chi connectivity index (χ2v) is 5.82. The van der Waals surface area contributed by atoms with Crippen LogP contribution in [-0.4, -0.2) is 28.4 Å². The molecular weight excluding hydrogens is 248 g/mol. The molecule has 2 bridgehead atoms. The number of carbonyl (C=O) groups is 3. The van der Waals surface area contributed by atoms with Crippen molar-refractivity contribution < 1.29 is 19.5 Å². The number of rotatable bonds is 4. The van der Waals surface area contributed by atoms with Gasteiger partial charge in [-0.2, -0.15) is 0 Å². The van der Waals surface area contributed by atoms with Crippen molar-refractivity contribution in [3.8, 4) is 0 Å². The molecule has 0 radical (unpaired) electrons. The topological polar surface area (TPSA) is 109 Å². The molecule has 1 fully saturated rings. The van der Waals surface area contributed by atoms with Gasteiger partial charge < -0.3 is 16.2 Å². The lowest BCUT2D eigenvalue weighted by Crippen LogP contribution is -2.56. The largest absolute Gasteiger partial charge is 0.481 e. The normalized spacial score (nSPS) is 32.3. The summed E-state index contributed by atoms with van der Waals surface area (Å²) in [6.45, 7) is 3.01. The van der Waals surface area contributed by atoms with Gasteiger partial charge in [-0.05, 0) is 32.1 Å². The molecule has 0 aromatic carbocycles. The van der Waals surface area contributed by atoms with Gasteiger partial charge in [-0.1, -0.05) is 12.2 Å². The summed E-state index contributed by atoms with van der Waals surface area (Å²) in [5.41, 5.74) is 4.03. The first kappa shape index (κ1) is 13.6. The molecule has 1 saturated carbocycles. The second kappa shape index (κ2) is 4.36. The van der Waals surface area contributed by atoms with Gasteiger partial charge in [-0.15, -0.1) is 0 Å². The van der Waals surface area contributed by atoms with Crippen LogP contribution in [0.25, 0.3) is 0 Å². The number of aliphatic carboxylic acids is 1. The third-order valence-corrected chi connectivity index (χ3v) is 4.10. The summed E-state index contributed by atoms with van der Waals surface area (Å²) < 4.78 is 0. The summed E-state index contributed by atoms with van der Waals surface area (Å²) in [6.07, 6.45) is 4.45. The van der Waals surface area contributed by atoms with Gasteiger partial charge in [0.1, 0.15) is 5.54 Å². The summed E-state index contributed by atoms with van der Waals surface area (Å²) in [5.74, 6) is -3.50. The number of allylic oxidation sites excluding steroid dienone is 2. The van der Waals surface area contributed by atoms with E-state index in [0.717, 1.165) is 0 Å². The smallest absolute Gasteiger partial charge is 0.307 e. The summed E-state index contributed by atoms with van der Waals surface area (Å²) in [7, 11) is 0. The average Bonchev–Trinajstić information content (AvgIpc) is 2.86. The van der Waals surface area contributed by atoms with Crippen LogP contribution in [0, 0.1) is 23.7 Å². The average molecular weight is 266 g/mol. The van der Waals surface area contributed by atoms with Crippen LogP contribution in [0.2, 0.25) is 0 Å². The van der Waals surface area contributed by atoms with Crippen LogP contribution in [-0.2, 0) is 14.4 Å². The Morgan fingerprint density at radius 3 is 2.21 bits per heavy atom. The van der Waals surface area contributed by atoms with E-state index in [2.05, 4.69) is 5.32 Å². The maximum absolute atomic E-state index is 12.3. The minimum atomic E-state index is -1.17. The molecule has 4 atom stereocenters. The van der Waals surface area contributed by atoms with Crippen molar-refractivity contribution in [1.29, 1.82) is 0 Å². The monoisotopic (exact) mass is 266 g/mol. The Morgan fingerprint density at radius 2 is 1.74 bits per heavy atom. The number of carbonyl (C=O) groups excluding carboxylic acids is 2. The van der Waals surface area contributed by atoms with E-state index in [-0.39, 0.29) is 11.8 Å². The molecule has 2 aliphatic carbocycles. The van der Waals surface area contributed by atoms with Crippen molar-refractivity contribution in [2.75, 3.05) is 0 Å². The summed E-state index contributed by atoms with van der Waals surface area (Å²) in [6, 6.07) is 0. The van der Waals surface area contributed by atoms with E-state index >= 15 is 0 Å². The molecule has 0 aromatic rings. The van der Waals surface area contributed by atoms with Crippen molar-refractivity contribution in [1.82, 2.24) is 5.32 Å². The molecule has 2 aliphatic rings. The van der Waals surface area contributed by atoms with Crippen LogP contribution in [0.15, 0.2) is 12.2 Å². The van der Waals surface area contributed by atoms with Gasteiger partial charge in [0, 0.05) is 0 Å². The minimum Gasteiger partial charge on any atom is -0.481 e. The number of carboxylic acids is 1. The predicted molar refractivity (Wildman–Crippen MR) is 66.8 cm³/mol. The molecule has 6 heteroatoms. The molecule has 0 aromatic heterocycles. The highest BCUT2D eigenvalue weighted by Gasteiger charge is 2.52. The van der Waals surface area contributed by atoms with Crippen molar-refractivity contribution in [2.45, 2.75) is 25.8 Å². The molecule has 0 heterocycles. The Balaban J connectivity index is 2.17. The van der Waals surface area contributed by atoms with E-state index < -0.39 is 35.2 Å². The number of carboxylic acid groups (broad SMARTS) is 1. The van der Waals surface area contributed by atoms with E-state index in [4.69, 9.17) is 5.73 Å². The summed E-state index contributed by atoms with van der Waals surface area (Å²) >= 11 is 0. The van der Waals surface area contributed by atoms with Crippen LogP contribution in [0.4, 0.5) is 0 Å². The zero-order valence-corrected chi connectivity index (χ0v) is 10.9. The van der Waals surface area contributed by atoms with Gasteiger partial charge in [-0.25, -0.2) is 0 Å². The highest BCUT2D eigenvalue weighted by atomic mass is 16.4. The van der Waals surface area contributed by atoms with Crippen LogP contribution >= 0.6 is 0 Å². The van der Waals surface area contributed by atoms with Gasteiger partial charge in [-0.3, -0.25) is 14.4 Å². The first-order chi connectivity index (χ1) is 8.74. The first-order valence-corrected chi connectivity index (χ1v) is 6.27. The number of hydrogen-bond donors (Lipinski definition) is 3. The van der Waals surface area contributed by atoms with Gasteiger partial charge in [0.25, 0.3) is 0 Å². The Bertz CT molecular complexity index is 469. The summed E-state index contributed by atoms with van der Waals surface area (Å²) in [4.78, 5) is 34.8. The fourth-order valence-electron chi connectivity index (χ4n) is 2.97. The zero-order chi connectivity index (χ0) is 14.4.